The number of amides is 4. The minimum atomic E-state index is -0.772. The number of carbonyl (C=O) groups excluding carboxylic acids is 3. The Morgan fingerprint density at radius 1 is 1.28 bits per heavy atom. The van der Waals surface area contributed by atoms with Gasteiger partial charge in [0.2, 0.25) is 5.91 Å². The number of rotatable bonds is 5. The summed E-state index contributed by atoms with van der Waals surface area (Å²) >= 11 is 0. The van der Waals surface area contributed by atoms with Crippen LogP contribution in [-0.2, 0) is 9.59 Å². The van der Waals surface area contributed by atoms with Crippen LogP contribution in [0.15, 0.2) is 24.3 Å². The van der Waals surface area contributed by atoms with Gasteiger partial charge < -0.3 is 10.6 Å². The molecular weight excluding hydrogens is 318 g/mol. The fourth-order valence-electron chi connectivity index (χ4n) is 3.73. The van der Waals surface area contributed by atoms with E-state index in [1.165, 1.54) is 0 Å². The number of anilines is 1. The van der Waals surface area contributed by atoms with E-state index < -0.39 is 11.6 Å². The molecule has 6 heteroatoms. The highest BCUT2D eigenvalue weighted by atomic mass is 16.2. The van der Waals surface area contributed by atoms with Crippen LogP contribution in [0.1, 0.15) is 57.4 Å². The maximum absolute atomic E-state index is 12.6. The molecule has 1 aromatic rings. The maximum Gasteiger partial charge on any atom is 0.325 e. The quantitative estimate of drug-likeness (QED) is 0.807. The number of benzene rings is 1. The third-order valence-electron chi connectivity index (χ3n) is 5.38. The average Bonchev–Trinajstić information content (AvgIpc) is 3.16. The molecule has 0 unspecified atom stereocenters. The van der Waals surface area contributed by atoms with E-state index in [0.717, 1.165) is 35.4 Å². The second-order valence-corrected chi connectivity index (χ2v) is 7.06. The molecule has 3 rings (SSSR count). The molecule has 1 atom stereocenters. The Balaban J connectivity index is 1.69. The van der Waals surface area contributed by atoms with Gasteiger partial charge in [-0.05, 0) is 36.8 Å². The van der Waals surface area contributed by atoms with Crippen LogP contribution in [0.5, 0.6) is 0 Å². The van der Waals surface area contributed by atoms with Crippen molar-refractivity contribution >= 4 is 23.5 Å². The lowest BCUT2D eigenvalue weighted by Gasteiger charge is -2.20. The van der Waals surface area contributed by atoms with Crippen LogP contribution in [0.4, 0.5) is 10.5 Å². The van der Waals surface area contributed by atoms with Gasteiger partial charge in [-0.2, -0.15) is 0 Å². The number of urea groups is 1. The molecule has 1 saturated carbocycles. The van der Waals surface area contributed by atoms with Crippen molar-refractivity contribution in [2.24, 2.45) is 0 Å². The van der Waals surface area contributed by atoms with Gasteiger partial charge in [-0.25, -0.2) is 4.79 Å². The molecule has 0 radical (unpaired) electrons. The summed E-state index contributed by atoms with van der Waals surface area (Å²) in [6, 6.07) is 7.19. The first-order chi connectivity index (χ1) is 12.0. The first kappa shape index (κ1) is 17.5. The van der Waals surface area contributed by atoms with E-state index in [2.05, 4.69) is 24.5 Å². The van der Waals surface area contributed by atoms with Crippen molar-refractivity contribution in [1.29, 1.82) is 0 Å². The fourth-order valence-corrected chi connectivity index (χ4v) is 3.73. The van der Waals surface area contributed by atoms with Crippen LogP contribution in [0.2, 0.25) is 0 Å². The third-order valence-corrected chi connectivity index (χ3v) is 5.38. The monoisotopic (exact) mass is 343 g/mol. The predicted molar refractivity (Wildman–Crippen MR) is 95.2 cm³/mol. The molecule has 2 N–H and O–H groups in total. The average molecular weight is 343 g/mol. The Morgan fingerprint density at radius 2 is 1.96 bits per heavy atom. The molecule has 1 aliphatic heterocycles. The van der Waals surface area contributed by atoms with Crippen molar-refractivity contribution in [3.8, 4) is 0 Å². The zero-order valence-corrected chi connectivity index (χ0v) is 14.8. The number of nitrogens with zero attached hydrogens (tertiary/aromatic N) is 1. The van der Waals surface area contributed by atoms with Crippen molar-refractivity contribution in [2.75, 3.05) is 11.9 Å². The number of para-hydroxylation sites is 1. The highest BCUT2D eigenvalue weighted by molar-refractivity contribution is 6.10. The summed E-state index contributed by atoms with van der Waals surface area (Å²) in [6.07, 6.45) is 4.13. The molecule has 2 fully saturated rings. The van der Waals surface area contributed by atoms with Gasteiger partial charge >= 0.3 is 6.03 Å². The smallest absolute Gasteiger partial charge is 0.324 e. The van der Waals surface area contributed by atoms with E-state index in [4.69, 9.17) is 0 Å². The van der Waals surface area contributed by atoms with Gasteiger partial charge in [-0.1, -0.05) is 44.9 Å². The van der Waals surface area contributed by atoms with Crippen molar-refractivity contribution in [1.82, 2.24) is 10.2 Å². The van der Waals surface area contributed by atoms with Crippen LogP contribution in [0.25, 0.3) is 0 Å². The summed E-state index contributed by atoms with van der Waals surface area (Å²) in [5.74, 6) is -0.301. The van der Waals surface area contributed by atoms with Crippen molar-refractivity contribution in [3.63, 3.8) is 0 Å². The molecular formula is C19H25N3O3. The number of hydrogen-bond donors (Lipinski definition) is 2. The molecule has 1 spiro atoms. The minimum Gasteiger partial charge on any atom is -0.324 e. The minimum absolute atomic E-state index is 0.249. The molecule has 4 amide bonds. The van der Waals surface area contributed by atoms with Crippen LogP contribution in [0, 0.1) is 0 Å². The number of nitrogens with one attached hydrogen (secondary N) is 2. The van der Waals surface area contributed by atoms with Gasteiger partial charge in [0.15, 0.2) is 0 Å². The van der Waals surface area contributed by atoms with Gasteiger partial charge in [-0.15, -0.1) is 0 Å². The van der Waals surface area contributed by atoms with E-state index in [1.54, 1.807) is 0 Å². The molecule has 0 bridgehead atoms. The zero-order chi connectivity index (χ0) is 18.0. The van der Waals surface area contributed by atoms with Crippen LogP contribution < -0.4 is 10.6 Å². The molecule has 25 heavy (non-hydrogen) atoms. The maximum atomic E-state index is 12.6. The first-order valence-electron chi connectivity index (χ1n) is 9.00. The second-order valence-electron chi connectivity index (χ2n) is 7.06. The van der Waals surface area contributed by atoms with E-state index in [9.17, 15) is 14.4 Å². The topological polar surface area (TPSA) is 78.5 Å². The normalized spacial score (nSPS) is 20.0. The standard InChI is InChI=1S/C19H25N3O3/c1-3-13(2)14-8-4-5-9-15(14)20-16(23)12-22-17(24)19(21-18(22)25)10-6-7-11-19/h4-5,8-9,13H,3,6-7,10-12H2,1-2H3,(H,20,23)(H,21,25)/t13-/m0/s1. The number of hydrogen-bond acceptors (Lipinski definition) is 3. The van der Waals surface area contributed by atoms with Crippen molar-refractivity contribution < 1.29 is 14.4 Å². The SMILES string of the molecule is CC[C@H](C)c1ccccc1NC(=O)CN1C(=O)NC2(CCCC2)C1=O. The molecule has 6 nitrogen and oxygen atoms in total. The molecule has 1 heterocycles. The second kappa shape index (κ2) is 6.86. The molecule has 1 aliphatic carbocycles. The zero-order valence-electron chi connectivity index (χ0n) is 14.8. The summed E-state index contributed by atoms with van der Waals surface area (Å²) in [7, 11) is 0. The summed E-state index contributed by atoms with van der Waals surface area (Å²) < 4.78 is 0. The number of imide groups is 1. The Kier molecular flexibility index (Phi) is 4.79. The molecule has 2 aliphatic rings. The van der Waals surface area contributed by atoms with Gasteiger partial charge in [0.05, 0.1) is 0 Å². The molecule has 134 valence electrons. The summed E-state index contributed by atoms with van der Waals surface area (Å²) in [6.45, 7) is 3.95. The van der Waals surface area contributed by atoms with Gasteiger partial charge in [-0.3, -0.25) is 14.5 Å². The Bertz CT molecular complexity index is 695. The van der Waals surface area contributed by atoms with Crippen molar-refractivity contribution in [2.45, 2.75) is 57.4 Å². The Hall–Kier alpha value is -2.37. The summed E-state index contributed by atoms with van der Waals surface area (Å²) in [5, 5.41) is 5.65. The van der Waals surface area contributed by atoms with Gasteiger partial charge in [0.1, 0.15) is 12.1 Å². The summed E-state index contributed by atoms with van der Waals surface area (Å²) in [4.78, 5) is 38.3. The third kappa shape index (κ3) is 3.25. The van der Waals surface area contributed by atoms with Gasteiger partial charge in [0, 0.05) is 5.69 Å². The lowest BCUT2D eigenvalue weighted by Crippen LogP contribution is -2.44. The molecule has 0 aromatic heterocycles. The lowest BCUT2D eigenvalue weighted by atomic mass is 9.97. The van der Waals surface area contributed by atoms with E-state index in [-0.39, 0.29) is 18.4 Å². The fraction of sp³-hybridized carbons (Fsp3) is 0.526. The first-order valence-corrected chi connectivity index (χ1v) is 9.00. The van der Waals surface area contributed by atoms with E-state index in [1.807, 2.05) is 24.3 Å². The highest BCUT2D eigenvalue weighted by Gasteiger charge is 2.52. The Morgan fingerprint density at radius 3 is 2.64 bits per heavy atom. The van der Waals surface area contributed by atoms with Crippen LogP contribution in [0.3, 0.4) is 0 Å². The Labute approximate surface area is 148 Å². The highest BCUT2D eigenvalue weighted by Crippen LogP contribution is 2.35. The molecule has 1 saturated heterocycles. The van der Waals surface area contributed by atoms with Gasteiger partial charge in [0.25, 0.3) is 5.91 Å². The van der Waals surface area contributed by atoms with Crippen LogP contribution in [-0.4, -0.2) is 34.8 Å². The van der Waals surface area contributed by atoms with E-state index >= 15 is 0 Å². The number of carbonyl (C=O) groups is 3. The predicted octanol–water partition coefficient (Wildman–Crippen LogP) is 3.00. The molecule has 1 aromatic carbocycles. The largest absolute Gasteiger partial charge is 0.325 e. The van der Waals surface area contributed by atoms with Crippen molar-refractivity contribution in [3.05, 3.63) is 29.8 Å². The summed E-state index contributed by atoms with van der Waals surface area (Å²) in [5.41, 5.74) is 1.03. The van der Waals surface area contributed by atoms with Crippen LogP contribution >= 0.6 is 0 Å². The van der Waals surface area contributed by atoms with E-state index in [0.29, 0.717) is 18.8 Å². The lowest BCUT2D eigenvalue weighted by molar-refractivity contribution is -0.133.